The summed E-state index contributed by atoms with van der Waals surface area (Å²) in [4.78, 5) is 5.15. The minimum atomic E-state index is -0.953. The third kappa shape index (κ3) is 3.67. The Balaban J connectivity index is 2.97. The Morgan fingerprint density at radius 2 is 2.06 bits per heavy atom. The molecule has 0 radical (unpaired) electrons. The van der Waals surface area contributed by atoms with Crippen LogP contribution in [-0.2, 0) is 4.84 Å². The quantitative estimate of drug-likeness (QED) is 0.503. The maximum atomic E-state index is 8.82. The molecule has 0 aromatic heterocycles. The van der Waals surface area contributed by atoms with Crippen LogP contribution in [0.1, 0.15) is 26.3 Å². The maximum absolute atomic E-state index is 8.82. The van der Waals surface area contributed by atoms with Crippen molar-refractivity contribution >= 4 is 11.4 Å². The van der Waals surface area contributed by atoms with Crippen molar-refractivity contribution in [2.75, 3.05) is 12.8 Å². The van der Waals surface area contributed by atoms with Crippen molar-refractivity contribution in [3.05, 3.63) is 23.8 Å². The number of methoxy groups -OCH3 is 1. The van der Waals surface area contributed by atoms with E-state index in [1.807, 2.05) is 6.07 Å². The summed E-state index contributed by atoms with van der Waals surface area (Å²) in [5.41, 5.74) is 6.80. The van der Waals surface area contributed by atoms with Gasteiger partial charge in [-0.25, -0.2) is 0 Å². The molecular formula is C13H17N3O2. The minimum absolute atomic E-state index is 0.582. The third-order valence-electron chi connectivity index (χ3n) is 2.26. The average Bonchev–Trinajstić information content (AvgIpc) is 2.35. The van der Waals surface area contributed by atoms with E-state index in [1.165, 1.54) is 0 Å². The molecular weight excluding hydrogens is 230 g/mol. The monoisotopic (exact) mass is 247 g/mol. The molecule has 0 saturated carbocycles. The van der Waals surface area contributed by atoms with E-state index in [9.17, 15) is 0 Å². The third-order valence-corrected chi connectivity index (χ3v) is 2.26. The van der Waals surface area contributed by atoms with E-state index in [0.717, 1.165) is 5.56 Å². The molecule has 1 aromatic carbocycles. The summed E-state index contributed by atoms with van der Waals surface area (Å²) in [5, 5.41) is 12.8. The molecule has 2 N–H and O–H groups in total. The maximum Gasteiger partial charge on any atom is 0.216 e. The Bertz CT molecular complexity index is 501. The SMILES string of the molecule is COc1cc(N)cc(/C(C)=N/OC(C)(C)C#N)c1. The fraction of sp³-hybridized carbons (Fsp3) is 0.385. The van der Waals surface area contributed by atoms with Gasteiger partial charge in [0, 0.05) is 17.3 Å². The summed E-state index contributed by atoms with van der Waals surface area (Å²) in [7, 11) is 1.57. The van der Waals surface area contributed by atoms with Gasteiger partial charge in [0.15, 0.2) is 0 Å². The van der Waals surface area contributed by atoms with Gasteiger partial charge in [0.1, 0.15) is 11.8 Å². The van der Waals surface area contributed by atoms with Crippen LogP contribution in [-0.4, -0.2) is 18.4 Å². The van der Waals surface area contributed by atoms with Gasteiger partial charge in [-0.15, -0.1) is 0 Å². The Hall–Kier alpha value is -2.22. The van der Waals surface area contributed by atoms with Gasteiger partial charge >= 0.3 is 0 Å². The van der Waals surface area contributed by atoms with Crippen molar-refractivity contribution in [3.8, 4) is 11.8 Å². The molecule has 0 heterocycles. The first-order valence-corrected chi connectivity index (χ1v) is 5.47. The molecule has 0 unspecified atom stereocenters. The lowest BCUT2D eigenvalue weighted by Gasteiger charge is -2.13. The number of hydrogen-bond acceptors (Lipinski definition) is 5. The number of oxime groups is 1. The highest BCUT2D eigenvalue weighted by Crippen LogP contribution is 2.19. The van der Waals surface area contributed by atoms with Gasteiger partial charge in [-0.05, 0) is 32.9 Å². The van der Waals surface area contributed by atoms with Gasteiger partial charge in [0.25, 0.3) is 0 Å². The second-order valence-corrected chi connectivity index (χ2v) is 4.38. The molecule has 0 aliphatic rings. The van der Waals surface area contributed by atoms with Crippen molar-refractivity contribution < 1.29 is 9.57 Å². The summed E-state index contributed by atoms with van der Waals surface area (Å²) < 4.78 is 5.12. The molecule has 0 spiro atoms. The number of nitrogens with zero attached hydrogens (tertiary/aromatic N) is 2. The lowest BCUT2D eigenvalue weighted by Crippen LogP contribution is -2.19. The van der Waals surface area contributed by atoms with Crippen LogP contribution >= 0.6 is 0 Å². The van der Waals surface area contributed by atoms with Crippen LogP contribution in [0.2, 0.25) is 0 Å². The molecule has 1 rings (SSSR count). The molecule has 0 saturated heterocycles. The number of ether oxygens (including phenoxy) is 1. The second kappa shape index (κ2) is 5.41. The topological polar surface area (TPSA) is 80.6 Å². The molecule has 0 amide bonds. The van der Waals surface area contributed by atoms with Crippen LogP contribution in [0.5, 0.6) is 5.75 Å². The number of hydrogen-bond donors (Lipinski definition) is 1. The van der Waals surface area contributed by atoms with E-state index in [2.05, 4.69) is 5.16 Å². The Labute approximate surface area is 107 Å². The van der Waals surface area contributed by atoms with Gasteiger partial charge in [-0.3, -0.25) is 0 Å². The Kier molecular flexibility index (Phi) is 4.16. The molecule has 5 heteroatoms. The summed E-state index contributed by atoms with van der Waals surface area (Å²) in [6, 6.07) is 7.29. The van der Waals surface area contributed by atoms with Crippen molar-refractivity contribution in [3.63, 3.8) is 0 Å². The van der Waals surface area contributed by atoms with E-state index in [0.29, 0.717) is 17.1 Å². The lowest BCUT2D eigenvalue weighted by atomic mass is 10.1. The molecule has 0 bridgehead atoms. The molecule has 0 aliphatic heterocycles. The number of nitrogens with two attached hydrogens (primary N) is 1. The van der Waals surface area contributed by atoms with E-state index in [1.54, 1.807) is 46.1 Å². The number of nitrogen functional groups attached to an aromatic ring is 1. The first kappa shape index (κ1) is 13.8. The zero-order valence-corrected chi connectivity index (χ0v) is 11.0. The van der Waals surface area contributed by atoms with Crippen LogP contribution < -0.4 is 10.5 Å². The number of nitriles is 1. The normalized spacial score (nSPS) is 11.8. The standard InChI is InChI=1S/C13H17N3O2/c1-9(16-18-13(2,3)8-14)10-5-11(15)7-12(6-10)17-4/h5-7H,15H2,1-4H3/b16-9+. The average molecular weight is 247 g/mol. The molecule has 18 heavy (non-hydrogen) atoms. The molecule has 1 aromatic rings. The highest BCUT2D eigenvalue weighted by atomic mass is 16.6. The van der Waals surface area contributed by atoms with Crippen LogP contribution in [0.25, 0.3) is 0 Å². The summed E-state index contributed by atoms with van der Waals surface area (Å²) >= 11 is 0. The van der Waals surface area contributed by atoms with Gasteiger partial charge < -0.3 is 15.3 Å². The predicted octanol–water partition coefficient (Wildman–Crippen LogP) is 2.32. The fourth-order valence-corrected chi connectivity index (χ4v) is 1.20. The molecule has 0 atom stereocenters. The van der Waals surface area contributed by atoms with Crippen molar-refractivity contribution in [1.82, 2.24) is 0 Å². The Morgan fingerprint density at radius 1 is 1.39 bits per heavy atom. The Morgan fingerprint density at radius 3 is 2.61 bits per heavy atom. The molecule has 5 nitrogen and oxygen atoms in total. The van der Waals surface area contributed by atoms with Crippen LogP contribution in [0.15, 0.2) is 23.4 Å². The number of anilines is 1. The first-order valence-electron chi connectivity index (χ1n) is 5.47. The van der Waals surface area contributed by atoms with E-state index in [-0.39, 0.29) is 0 Å². The summed E-state index contributed by atoms with van der Waals surface area (Å²) in [5.74, 6) is 0.652. The lowest BCUT2D eigenvalue weighted by molar-refractivity contribution is 0.0303. The van der Waals surface area contributed by atoms with Crippen LogP contribution in [0, 0.1) is 11.3 Å². The predicted molar refractivity (Wildman–Crippen MR) is 70.4 cm³/mol. The largest absolute Gasteiger partial charge is 0.497 e. The van der Waals surface area contributed by atoms with Crippen molar-refractivity contribution in [1.29, 1.82) is 5.26 Å². The summed E-state index contributed by atoms with van der Waals surface area (Å²) in [6.45, 7) is 5.06. The zero-order chi connectivity index (χ0) is 13.8. The van der Waals surface area contributed by atoms with E-state index >= 15 is 0 Å². The van der Waals surface area contributed by atoms with Crippen molar-refractivity contribution in [2.24, 2.45) is 5.16 Å². The number of benzene rings is 1. The van der Waals surface area contributed by atoms with Crippen LogP contribution in [0.4, 0.5) is 5.69 Å². The van der Waals surface area contributed by atoms with E-state index < -0.39 is 5.60 Å². The summed E-state index contributed by atoms with van der Waals surface area (Å²) in [6.07, 6.45) is 0. The fourth-order valence-electron chi connectivity index (χ4n) is 1.20. The smallest absolute Gasteiger partial charge is 0.216 e. The highest BCUT2D eigenvalue weighted by molar-refractivity contribution is 5.99. The first-order chi connectivity index (χ1) is 8.38. The second-order valence-electron chi connectivity index (χ2n) is 4.38. The van der Waals surface area contributed by atoms with Crippen molar-refractivity contribution in [2.45, 2.75) is 26.4 Å². The zero-order valence-electron chi connectivity index (χ0n) is 11.0. The minimum Gasteiger partial charge on any atom is -0.497 e. The molecule has 96 valence electrons. The van der Waals surface area contributed by atoms with Gasteiger partial charge in [0.05, 0.1) is 12.8 Å². The van der Waals surface area contributed by atoms with Crippen LogP contribution in [0.3, 0.4) is 0 Å². The molecule has 0 aliphatic carbocycles. The number of rotatable bonds is 4. The highest BCUT2D eigenvalue weighted by Gasteiger charge is 2.18. The molecule has 0 fully saturated rings. The van der Waals surface area contributed by atoms with Gasteiger partial charge in [-0.1, -0.05) is 5.16 Å². The van der Waals surface area contributed by atoms with Gasteiger partial charge in [-0.2, -0.15) is 5.26 Å². The van der Waals surface area contributed by atoms with Gasteiger partial charge in [0.2, 0.25) is 5.60 Å². The van der Waals surface area contributed by atoms with E-state index in [4.69, 9.17) is 20.6 Å².